The number of methoxy groups -OCH3 is 1. The largest absolute Gasteiger partial charge is 0.496 e. The lowest BCUT2D eigenvalue weighted by molar-refractivity contribution is -0.133. The van der Waals surface area contributed by atoms with Gasteiger partial charge in [0.2, 0.25) is 11.8 Å². The number of likely N-dealkylation sites (tertiary alicyclic amines) is 1. The quantitative estimate of drug-likeness (QED) is 0.812. The van der Waals surface area contributed by atoms with Crippen molar-refractivity contribution in [2.45, 2.75) is 52.4 Å². The first-order valence-electron chi connectivity index (χ1n) is 9.61. The van der Waals surface area contributed by atoms with E-state index in [0.29, 0.717) is 12.3 Å². The first kappa shape index (κ1) is 20.3. The van der Waals surface area contributed by atoms with Crippen molar-refractivity contribution in [3.05, 3.63) is 29.3 Å². The molecular formula is C21H32N2O3. The molecule has 0 radical (unpaired) electrons. The molecule has 5 nitrogen and oxygen atoms in total. The maximum atomic E-state index is 12.4. The van der Waals surface area contributed by atoms with Crippen molar-refractivity contribution in [2.75, 3.05) is 26.7 Å². The number of nitrogens with zero attached hydrogens (tertiary/aromatic N) is 1. The molecule has 0 spiro atoms. The molecule has 1 N–H and O–H groups in total. The van der Waals surface area contributed by atoms with Gasteiger partial charge in [-0.2, -0.15) is 0 Å². The molecule has 1 fully saturated rings. The number of hydrogen-bond acceptors (Lipinski definition) is 3. The number of carbonyl (C=O) groups is 2. The standard InChI is InChI=1S/C21H32N2O3/c1-15(2)18(17-8-9-19(26-4)16(3)12-17)13-20(24)22-14-21(25)23-10-6-5-7-11-23/h8-9,12,15,18H,5-7,10-11,13-14H2,1-4H3,(H,22,24). The summed E-state index contributed by atoms with van der Waals surface area (Å²) in [5, 5.41) is 2.82. The summed E-state index contributed by atoms with van der Waals surface area (Å²) in [5.74, 6) is 1.26. The number of piperidine rings is 1. The van der Waals surface area contributed by atoms with Gasteiger partial charge in [-0.25, -0.2) is 0 Å². The van der Waals surface area contributed by atoms with Crippen LogP contribution in [0.15, 0.2) is 18.2 Å². The Morgan fingerprint density at radius 2 is 1.88 bits per heavy atom. The SMILES string of the molecule is COc1ccc(C(CC(=O)NCC(=O)N2CCCCC2)C(C)C)cc1C. The maximum Gasteiger partial charge on any atom is 0.241 e. The molecule has 1 aromatic carbocycles. The maximum absolute atomic E-state index is 12.4. The number of carbonyl (C=O) groups excluding carboxylic acids is 2. The van der Waals surface area contributed by atoms with Gasteiger partial charge in [0.25, 0.3) is 0 Å². The average molecular weight is 360 g/mol. The Bertz CT molecular complexity index is 622. The summed E-state index contributed by atoms with van der Waals surface area (Å²) in [6.07, 6.45) is 3.70. The highest BCUT2D eigenvalue weighted by Gasteiger charge is 2.22. The van der Waals surface area contributed by atoms with Gasteiger partial charge in [-0.15, -0.1) is 0 Å². The van der Waals surface area contributed by atoms with E-state index in [0.717, 1.165) is 42.8 Å². The predicted octanol–water partition coefficient (Wildman–Crippen LogP) is 3.26. The lowest BCUT2D eigenvalue weighted by atomic mass is 9.85. The van der Waals surface area contributed by atoms with Gasteiger partial charge >= 0.3 is 0 Å². The minimum Gasteiger partial charge on any atom is -0.496 e. The second-order valence-electron chi connectivity index (χ2n) is 7.50. The number of nitrogens with one attached hydrogen (secondary N) is 1. The number of aryl methyl sites for hydroxylation is 1. The predicted molar refractivity (Wildman–Crippen MR) is 103 cm³/mol. The molecular weight excluding hydrogens is 328 g/mol. The number of amides is 2. The summed E-state index contributed by atoms with van der Waals surface area (Å²) in [5.41, 5.74) is 2.20. The zero-order valence-corrected chi connectivity index (χ0v) is 16.5. The fourth-order valence-corrected chi connectivity index (χ4v) is 3.57. The van der Waals surface area contributed by atoms with Crippen LogP contribution in [-0.4, -0.2) is 43.5 Å². The molecule has 2 rings (SSSR count). The van der Waals surface area contributed by atoms with Gasteiger partial charge in [0.1, 0.15) is 5.75 Å². The fraction of sp³-hybridized carbons (Fsp3) is 0.619. The van der Waals surface area contributed by atoms with Crippen LogP contribution in [0.5, 0.6) is 5.75 Å². The van der Waals surface area contributed by atoms with Crippen LogP contribution in [0.2, 0.25) is 0 Å². The lowest BCUT2D eigenvalue weighted by Gasteiger charge is -2.27. The Morgan fingerprint density at radius 1 is 1.19 bits per heavy atom. The van der Waals surface area contributed by atoms with Crippen molar-refractivity contribution in [3.8, 4) is 5.75 Å². The molecule has 1 unspecified atom stereocenters. The monoisotopic (exact) mass is 360 g/mol. The van der Waals surface area contributed by atoms with Crippen LogP contribution in [0.4, 0.5) is 0 Å². The van der Waals surface area contributed by atoms with Crippen molar-refractivity contribution in [1.29, 1.82) is 0 Å². The number of benzene rings is 1. The van der Waals surface area contributed by atoms with E-state index in [1.807, 2.05) is 24.0 Å². The molecule has 5 heteroatoms. The summed E-state index contributed by atoms with van der Waals surface area (Å²) in [4.78, 5) is 26.5. The second kappa shape index (κ2) is 9.60. The Labute approximate surface area is 157 Å². The summed E-state index contributed by atoms with van der Waals surface area (Å²) >= 11 is 0. The summed E-state index contributed by atoms with van der Waals surface area (Å²) in [6.45, 7) is 7.98. The van der Waals surface area contributed by atoms with Gasteiger partial charge in [-0.1, -0.05) is 26.0 Å². The first-order chi connectivity index (χ1) is 12.4. The van der Waals surface area contributed by atoms with Crippen LogP contribution in [0.25, 0.3) is 0 Å². The highest BCUT2D eigenvalue weighted by molar-refractivity contribution is 5.85. The Morgan fingerprint density at radius 3 is 2.46 bits per heavy atom. The molecule has 1 aliphatic heterocycles. The van der Waals surface area contributed by atoms with E-state index < -0.39 is 0 Å². The Kier molecular flexibility index (Phi) is 7.49. The van der Waals surface area contributed by atoms with Crippen molar-refractivity contribution >= 4 is 11.8 Å². The van der Waals surface area contributed by atoms with Crippen LogP contribution in [0.1, 0.15) is 56.6 Å². The van der Waals surface area contributed by atoms with Gasteiger partial charge in [0.15, 0.2) is 0 Å². The molecule has 1 aliphatic rings. The summed E-state index contributed by atoms with van der Waals surface area (Å²) in [6, 6.07) is 6.08. The molecule has 0 bridgehead atoms. The average Bonchev–Trinajstić information content (AvgIpc) is 2.64. The molecule has 1 heterocycles. The Hall–Kier alpha value is -2.04. The van der Waals surface area contributed by atoms with Gasteiger partial charge in [0.05, 0.1) is 13.7 Å². The topological polar surface area (TPSA) is 58.6 Å². The lowest BCUT2D eigenvalue weighted by Crippen LogP contribution is -2.42. The van der Waals surface area contributed by atoms with Crippen LogP contribution >= 0.6 is 0 Å². The van der Waals surface area contributed by atoms with E-state index in [1.165, 1.54) is 6.42 Å². The first-order valence-corrected chi connectivity index (χ1v) is 9.61. The van der Waals surface area contributed by atoms with E-state index in [-0.39, 0.29) is 24.3 Å². The second-order valence-corrected chi connectivity index (χ2v) is 7.50. The normalized spacial score (nSPS) is 15.7. The molecule has 144 valence electrons. The smallest absolute Gasteiger partial charge is 0.241 e. The summed E-state index contributed by atoms with van der Waals surface area (Å²) < 4.78 is 5.32. The molecule has 26 heavy (non-hydrogen) atoms. The fourth-order valence-electron chi connectivity index (χ4n) is 3.57. The van der Waals surface area contributed by atoms with Gasteiger partial charge in [0, 0.05) is 19.5 Å². The van der Waals surface area contributed by atoms with Crippen molar-refractivity contribution in [2.24, 2.45) is 5.92 Å². The van der Waals surface area contributed by atoms with Crippen LogP contribution in [0.3, 0.4) is 0 Å². The van der Waals surface area contributed by atoms with E-state index in [9.17, 15) is 9.59 Å². The molecule has 0 aromatic heterocycles. The highest BCUT2D eigenvalue weighted by atomic mass is 16.5. The van der Waals surface area contributed by atoms with Crippen LogP contribution < -0.4 is 10.1 Å². The number of rotatable bonds is 7. The van der Waals surface area contributed by atoms with E-state index >= 15 is 0 Å². The third kappa shape index (κ3) is 5.48. The molecule has 2 amide bonds. The molecule has 0 aliphatic carbocycles. The third-order valence-corrected chi connectivity index (χ3v) is 5.20. The third-order valence-electron chi connectivity index (χ3n) is 5.20. The van der Waals surface area contributed by atoms with Crippen LogP contribution in [-0.2, 0) is 9.59 Å². The highest BCUT2D eigenvalue weighted by Crippen LogP contribution is 2.31. The molecule has 0 saturated carbocycles. The van der Waals surface area contributed by atoms with Crippen molar-refractivity contribution in [3.63, 3.8) is 0 Å². The molecule has 1 atom stereocenters. The van der Waals surface area contributed by atoms with E-state index in [4.69, 9.17) is 4.74 Å². The van der Waals surface area contributed by atoms with E-state index in [1.54, 1.807) is 7.11 Å². The van der Waals surface area contributed by atoms with Crippen molar-refractivity contribution < 1.29 is 14.3 Å². The molecule has 1 aromatic rings. The zero-order chi connectivity index (χ0) is 19.1. The number of ether oxygens (including phenoxy) is 1. The van der Waals surface area contributed by atoms with Crippen molar-refractivity contribution in [1.82, 2.24) is 10.2 Å². The summed E-state index contributed by atoms with van der Waals surface area (Å²) in [7, 11) is 1.66. The van der Waals surface area contributed by atoms with Gasteiger partial charge in [-0.3, -0.25) is 9.59 Å². The van der Waals surface area contributed by atoms with Gasteiger partial charge in [-0.05, 0) is 55.2 Å². The van der Waals surface area contributed by atoms with Gasteiger partial charge < -0.3 is 15.0 Å². The number of hydrogen-bond donors (Lipinski definition) is 1. The van der Waals surface area contributed by atoms with Crippen LogP contribution in [0, 0.1) is 12.8 Å². The minimum absolute atomic E-state index is 0.0273. The molecule has 1 saturated heterocycles. The zero-order valence-electron chi connectivity index (χ0n) is 16.5. The van der Waals surface area contributed by atoms with E-state index in [2.05, 4.69) is 25.2 Å². The Balaban J connectivity index is 1.93. The minimum atomic E-state index is -0.0671.